The van der Waals surface area contributed by atoms with Crippen molar-refractivity contribution in [3.05, 3.63) is 53.6 Å². The molecule has 2 aromatic carbocycles. The Morgan fingerprint density at radius 1 is 0.903 bits per heavy atom. The van der Waals surface area contributed by atoms with Gasteiger partial charge < -0.3 is 19.9 Å². The van der Waals surface area contributed by atoms with E-state index in [1.807, 2.05) is 19.1 Å². The summed E-state index contributed by atoms with van der Waals surface area (Å²) >= 11 is 0. The Bertz CT molecular complexity index is 885. The molecule has 1 amide bonds. The fourth-order valence-electron chi connectivity index (χ4n) is 4.42. The van der Waals surface area contributed by atoms with Gasteiger partial charge in [-0.3, -0.25) is 9.69 Å². The van der Waals surface area contributed by atoms with E-state index in [0.29, 0.717) is 0 Å². The topological polar surface area (TPSA) is 48.0 Å². The fraction of sp³-hybridized carbons (Fsp3) is 0.480. The lowest BCUT2D eigenvalue weighted by Gasteiger charge is -2.39. The molecule has 2 aromatic rings. The molecular formula is C25H34N4O2. The molecule has 1 atom stereocenters. The maximum absolute atomic E-state index is 12.9. The first-order chi connectivity index (χ1) is 15.0. The van der Waals surface area contributed by atoms with Gasteiger partial charge in [-0.05, 0) is 62.2 Å². The molecule has 2 aliphatic heterocycles. The standard InChI is InChI=1S/C25H34N4O2/c1-19-5-4-6-24(20(19)2)29-13-11-27(12-14-29)21(3)25(30)26-22-7-9-23(10-8-22)28-15-17-31-18-16-28/h4-10,21H,11-18H2,1-3H3,(H,26,30)/t21-/m1/s1. The second-order valence-electron chi connectivity index (χ2n) is 8.55. The van der Waals surface area contributed by atoms with Gasteiger partial charge in [0.25, 0.3) is 0 Å². The highest BCUT2D eigenvalue weighted by atomic mass is 16.5. The van der Waals surface area contributed by atoms with E-state index in [1.165, 1.54) is 22.5 Å². The molecule has 6 heteroatoms. The van der Waals surface area contributed by atoms with Crippen molar-refractivity contribution in [2.45, 2.75) is 26.8 Å². The monoisotopic (exact) mass is 422 g/mol. The number of anilines is 3. The van der Waals surface area contributed by atoms with Crippen LogP contribution in [0.15, 0.2) is 42.5 Å². The number of carbonyl (C=O) groups is 1. The first-order valence-corrected chi connectivity index (χ1v) is 11.3. The van der Waals surface area contributed by atoms with Crippen LogP contribution in [0.5, 0.6) is 0 Å². The van der Waals surface area contributed by atoms with E-state index in [1.54, 1.807) is 0 Å². The third-order valence-electron chi connectivity index (χ3n) is 6.67. The number of nitrogens with zero attached hydrogens (tertiary/aromatic N) is 3. The maximum atomic E-state index is 12.9. The van der Waals surface area contributed by atoms with Gasteiger partial charge >= 0.3 is 0 Å². The molecule has 0 saturated carbocycles. The summed E-state index contributed by atoms with van der Waals surface area (Å²) in [6.07, 6.45) is 0. The third kappa shape index (κ3) is 5.02. The number of hydrogen-bond acceptors (Lipinski definition) is 5. The number of amides is 1. The Hall–Kier alpha value is -2.57. The molecule has 4 rings (SSSR count). The summed E-state index contributed by atoms with van der Waals surface area (Å²) in [6, 6.07) is 14.5. The number of ether oxygens (including phenoxy) is 1. The molecule has 0 aromatic heterocycles. The Kier molecular flexibility index (Phi) is 6.78. The van der Waals surface area contributed by atoms with Gasteiger partial charge in [-0.2, -0.15) is 0 Å². The summed E-state index contributed by atoms with van der Waals surface area (Å²) in [5, 5.41) is 3.09. The maximum Gasteiger partial charge on any atom is 0.241 e. The molecule has 0 aliphatic carbocycles. The van der Waals surface area contributed by atoms with E-state index >= 15 is 0 Å². The quantitative estimate of drug-likeness (QED) is 0.801. The van der Waals surface area contributed by atoms with Crippen LogP contribution in [-0.4, -0.2) is 69.3 Å². The van der Waals surface area contributed by atoms with E-state index in [-0.39, 0.29) is 11.9 Å². The highest BCUT2D eigenvalue weighted by molar-refractivity contribution is 5.94. The van der Waals surface area contributed by atoms with Crippen LogP contribution in [0.1, 0.15) is 18.1 Å². The number of morpholine rings is 1. The van der Waals surface area contributed by atoms with Crippen LogP contribution >= 0.6 is 0 Å². The largest absolute Gasteiger partial charge is 0.378 e. The first-order valence-electron chi connectivity index (χ1n) is 11.3. The van der Waals surface area contributed by atoms with E-state index in [2.05, 4.69) is 64.2 Å². The second kappa shape index (κ2) is 9.71. The van der Waals surface area contributed by atoms with Gasteiger partial charge in [0.15, 0.2) is 0 Å². The minimum atomic E-state index is -0.153. The predicted molar refractivity (Wildman–Crippen MR) is 127 cm³/mol. The molecule has 166 valence electrons. The van der Waals surface area contributed by atoms with Gasteiger partial charge in [0.05, 0.1) is 19.3 Å². The lowest BCUT2D eigenvalue weighted by atomic mass is 10.1. The average molecular weight is 423 g/mol. The molecule has 6 nitrogen and oxygen atoms in total. The van der Waals surface area contributed by atoms with Crippen molar-refractivity contribution in [2.75, 3.05) is 67.6 Å². The minimum absolute atomic E-state index is 0.0549. The van der Waals surface area contributed by atoms with E-state index < -0.39 is 0 Å². The van der Waals surface area contributed by atoms with Crippen LogP contribution < -0.4 is 15.1 Å². The Morgan fingerprint density at radius 3 is 2.26 bits per heavy atom. The minimum Gasteiger partial charge on any atom is -0.378 e. The molecule has 31 heavy (non-hydrogen) atoms. The Balaban J connectivity index is 1.30. The number of hydrogen-bond donors (Lipinski definition) is 1. The van der Waals surface area contributed by atoms with Crippen molar-refractivity contribution in [3.63, 3.8) is 0 Å². The highest BCUT2D eigenvalue weighted by Gasteiger charge is 2.26. The van der Waals surface area contributed by atoms with E-state index in [4.69, 9.17) is 4.74 Å². The van der Waals surface area contributed by atoms with Gasteiger partial charge in [-0.1, -0.05) is 12.1 Å². The van der Waals surface area contributed by atoms with Crippen molar-refractivity contribution >= 4 is 23.0 Å². The molecular weight excluding hydrogens is 388 g/mol. The summed E-state index contributed by atoms with van der Waals surface area (Å²) in [5.41, 5.74) is 6.02. The molecule has 2 saturated heterocycles. The van der Waals surface area contributed by atoms with Crippen LogP contribution in [0.4, 0.5) is 17.1 Å². The zero-order chi connectivity index (χ0) is 21.8. The van der Waals surface area contributed by atoms with E-state index in [0.717, 1.165) is 58.2 Å². The van der Waals surface area contributed by atoms with Crippen molar-refractivity contribution < 1.29 is 9.53 Å². The van der Waals surface area contributed by atoms with Gasteiger partial charge in [0.2, 0.25) is 5.91 Å². The first kappa shape index (κ1) is 21.7. The molecule has 0 unspecified atom stereocenters. The van der Waals surface area contributed by atoms with Crippen molar-refractivity contribution in [2.24, 2.45) is 0 Å². The summed E-state index contributed by atoms with van der Waals surface area (Å²) in [4.78, 5) is 19.9. The number of nitrogens with one attached hydrogen (secondary N) is 1. The van der Waals surface area contributed by atoms with Gasteiger partial charge in [0.1, 0.15) is 0 Å². The number of benzene rings is 2. The van der Waals surface area contributed by atoms with Crippen molar-refractivity contribution in [1.82, 2.24) is 4.90 Å². The third-order valence-corrected chi connectivity index (χ3v) is 6.67. The highest BCUT2D eigenvalue weighted by Crippen LogP contribution is 2.24. The summed E-state index contributed by atoms with van der Waals surface area (Å²) in [5.74, 6) is 0.0549. The zero-order valence-corrected chi connectivity index (χ0v) is 18.9. The van der Waals surface area contributed by atoms with Crippen molar-refractivity contribution in [1.29, 1.82) is 0 Å². The second-order valence-corrected chi connectivity index (χ2v) is 8.55. The van der Waals surface area contributed by atoms with Crippen LogP contribution in [0.25, 0.3) is 0 Å². The number of piperazine rings is 1. The van der Waals surface area contributed by atoms with E-state index in [9.17, 15) is 4.79 Å². The van der Waals surface area contributed by atoms with Gasteiger partial charge in [-0.25, -0.2) is 0 Å². The van der Waals surface area contributed by atoms with Crippen molar-refractivity contribution in [3.8, 4) is 0 Å². The molecule has 1 N–H and O–H groups in total. The van der Waals surface area contributed by atoms with Gasteiger partial charge in [-0.15, -0.1) is 0 Å². The van der Waals surface area contributed by atoms with Crippen LogP contribution in [0.2, 0.25) is 0 Å². The average Bonchev–Trinajstić information content (AvgIpc) is 2.81. The summed E-state index contributed by atoms with van der Waals surface area (Å²) in [6.45, 7) is 13.4. The summed E-state index contributed by atoms with van der Waals surface area (Å²) in [7, 11) is 0. The predicted octanol–water partition coefficient (Wildman–Crippen LogP) is 3.29. The van der Waals surface area contributed by atoms with Crippen LogP contribution in [0, 0.1) is 13.8 Å². The Morgan fingerprint density at radius 2 is 1.58 bits per heavy atom. The zero-order valence-electron chi connectivity index (χ0n) is 18.9. The Labute approximate surface area is 185 Å². The summed E-state index contributed by atoms with van der Waals surface area (Å²) < 4.78 is 5.42. The number of rotatable bonds is 5. The normalized spacial score (nSPS) is 18.7. The smallest absolute Gasteiger partial charge is 0.241 e. The van der Waals surface area contributed by atoms with Crippen LogP contribution in [-0.2, 0) is 9.53 Å². The molecule has 2 aliphatic rings. The number of aryl methyl sites for hydroxylation is 1. The molecule has 0 spiro atoms. The van der Waals surface area contributed by atoms with Gasteiger partial charge in [0, 0.05) is 56.3 Å². The SMILES string of the molecule is Cc1cccc(N2CCN([C@H](C)C(=O)Nc3ccc(N4CCOCC4)cc3)CC2)c1C. The molecule has 0 radical (unpaired) electrons. The molecule has 0 bridgehead atoms. The molecule has 2 fully saturated rings. The fourth-order valence-corrected chi connectivity index (χ4v) is 4.42. The molecule has 2 heterocycles. The van der Waals surface area contributed by atoms with Crippen LogP contribution in [0.3, 0.4) is 0 Å². The lowest BCUT2D eigenvalue weighted by Crippen LogP contribution is -2.53. The number of carbonyl (C=O) groups excluding carboxylic acids is 1. The lowest BCUT2D eigenvalue weighted by molar-refractivity contribution is -0.120.